The predicted octanol–water partition coefficient (Wildman–Crippen LogP) is 2.11. The van der Waals surface area contributed by atoms with Crippen LogP contribution in [-0.4, -0.2) is 59.9 Å². The van der Waals surface area contributed by atoms with Crippen molar-refractivity contribution in [3.8, 4) is 0 Å². The standard InChI is InChI=1S/C16H32N2O3/c1-6-16(15(19)20,17-12(2)3)9-7-10-18(5)14-8-11-21-13(14)4/h12-14,17H,6-11H2,1-5H3,(H,19,20). The quantitative estimate of drug-likeness (QED) is 0.683. The predicted molar refractivity (Wildman–Crippen MR) is 84.6 cm³/mol. The molecule has 1 rings (SSSR count). The number of carboxylic acid groups (broad SMARTS) is 1. The maximum atomic E-state index is 11.7. The Morgan fingerprint density at radius 2 is 2.19 bits per heavy atom. The largest absolute Gasteiger partial charge is 0.480 e. The third-order valence-electron chi connectivity index (χ3n) is 4.59. The SMILES string of the molecule is CCC(CCCN(C)C1CCOC1C)(NC(C)C)C(=O)O. The minimum Gasteiger partial charge on any atom is -0.480 e. The Labute approximate surface area is 129 Å². The zero-order valence-electron chi connectivity index (χ0n) is 14.2. The second kappa shape index (κ2) is 8.11. The second-order valence-corrected chi connectivity index (χ2v) is 6.56. The molecule has 0 spiro atoms. The number of rotatable bonds is 9. The first-order valence-electron chi connectivity index (χ1n) is 8.15. The first kappa shape index (κ1) is 18.4. The summed E-state index contributed by atoms with van der Waals surface area (Å²) in [7, 11) is 2.11. The van der Waals surface area contributed by atoms with Crippen LogP contribution in [0.25, 0.3) is 0 Å². The van der Waals surface area contributed by atoms with Crippen LogP contribution >= 0.6 is 0 Å². The molecule has 2 N–H and O–H groups in total. The van der Waals surface area contributed by atoms with E-state index in [0.717, 1.165) is 26.0 Å². The van der Waals surface area contributed by atoms with E-state index in [1.54, 1.807) is 0 Å². The monoisotopic (exact) mass is 300 g/mol. The van der Waals surface area contributed by atoms with Crippen molar-refractivity contribution in [2.24, 2.45) is 0 Å². The Kier molecular flexibility index (Phi) is 7.10. The Morgan fingerprint density at radius 1 is 1.52 bits per heavy atom. The van der Waals surface area contributed by atoms with E-state index in [4.69, 9.17) is 4.74 Å². The minimum atomic E-state index is -0.799. The van der Waals surface area contributed by atoms with Crippen LogP contribution in [0.5, 0.6) is 0 Å². The highest BCUT2D eigenvalue weighted by Crippen LogP contribution is 2.22. The van der Waals surface area contributed by atoms with Crippen LogP contribution < -0.4 is 5.32 Å². The molecule has 5 nitrogen and oxygen atoms in total. The molecular weight excluding hydrogens is 268 g/mol. The number of hydrogen-bond donors (Lipinski definition) is 2. The third-order valence-corrected chi connectivity index (χ3v) is 4.59. The van der Waals surface area contributed by atoms with Gasteiger partial charge in [0.2, 0.25) is 0 Å². The highest BCUT2D eigenvalue weighted by molar-refractivity contribution is 5.78. The van der Waals surface area contributed by atoms with Crippen LogP contribution in [0.1, 0.15) is 53.4 Å². The average Bonchev–Trinajstić information content (AvgIpc) is 2.82. The lowest BCUT2D eigenvalue weighted by molar-refractivity contribution is -0.146. The molecule has 3 atom stereocenters. The molecule has 1 fully saturated rings. The number of nitrogens with zero attached hydrogens (tertiary/aromatic N) is 1. The number of hydrogen-bond acceptors (Lipinski definition) is 4. The van der Waals surface area contributed by atoms with E-state index < -0.39 is 11.5 Å². The molecule has 3 unspecified atom stereocenters. The average molecular weight is 300 g/mol. The van der Waals surface area contributed by atoms with Gasteiger partial charge in [-0.15, -0.1) is 0 Å². The summed E-state index contributed by atoms with van der Waals surface area (Å²) in [4.78, 5) is 14.0. The van der Waals surface area contributed by atoms with E-state index in [0.29, 0.717) is 18.9 Å². The van der Waals surface area contributed by atoms with Gasteiger partial charge in [-0.05, 0) is 60.0 Å². The number of carboxylic acids is 1. The summed E-state index contributed by atoms with van der Waals surface area (Å²) in [5.41, 5.74) is -0.799. The molecule has 5 heteroatoms. The topological polar surface area (TPSA) is 61.8 Å². The lowest BCUT2D eigenvalue weighted by atomic mass is 9.89. The maximum absolute atomic E-state index is 11.7. The second-order valence-electron chi connectivity index (χ2n) is 6.56. The van der Waals surface area contributed by atoms with Crippen molar-refractivity contribution in [2.45, 2.75) is 77.1 Å². The van der Waals surface area contributed by atoms with Crippen molar-refractivity contribution < 1.29 is 14.6 Å². The number of carbonyl (C=O) groups is 1. The van der Waals surface area contributed by atoms with Gasteiger partial charge in [-0.2, -0.15) is 0 Å². The van der Waals surface area contributed by atoms with E-state index >= 15 is 0 Å². The highest BCUT2D eigenvalue weighted by Gasteiger charge is 2.36. The molecular formula is C16H32N2O3. The van der Waals surface area contributed by atoms with Gasteiger partial charge >= 0.3 is 5.97 Å². The molecule has 0 radical (unpaired) electrons. The van der Waals surface area contributed by atoms with Crippen molar-refractivity contribution >= 4 is 5.97 Å². The maximum Gasteiger partial charge on any atom is 0.323 e. The molecule has 1 heterocycles. The molecule has 0 saturated carbocycles. The zero-order valence-corrected chi connectivity index (χ0v) is 14.2. The number of ether oxygens (including phenoxy) is 1. The van der Waals surface area contributed by atoms with Crippen LogP contribution in [0, 0.1) is 0 Å². The minimum absolute atomic E-state index is 0.169. The Bertz CT molecular complexity index is 335. The van der Waals surface area contributed by atoms with Crippen LogP contribution in [0.15, 0.2) is 0 Å². The van der Waals surface area contributed by atoms with Gasteiger partial charge in [-0.3, -0.25) is 10.1 Å². The Hall–Kier alpha value is -0.650. The van der Waals surface area contributed by atoms with E-state index in [1.165, 1.54) is 0 Å². The van der Waals surface area contributed by atoms with Gasteiger partial charge < -0.3 is 14.7 Å². The molecule has 0 amide bonds. The number of aliphatic carboxylic acids is 1. The zero-order chi connectivity index (χ0) is 16.0. The number of nitrogens with one attached hydrogen (secondary N) is 1. The summed E-state index contributed by atoms with van der Waals surface area (Å²) in [6.45, 7) is 9.79. The summed E-state index contributed by atoms with van der Waals surface area (Å²) in [5, 5.41) is 12.8. The van der Waals surface area contributed by atoms with E-state index in [9.17, 15) is 9.90 Å². The molecule has 1 aliphatic rings. The Morgan fingerprint density at radius 3 is 2.62 bits per heavy atom. The van der Waals surface area contributed by atoms with Crippen LogP contribution in [-0.2, 0) is 9.53 Å². The van der Waals surface area contributed by atoms with Gasteiger partial charge in [0.25, 0.3) is 0 Å². The fourth-order valence-electron chi connectivity index (χ4n) is 3.32. The number of likely N-dealkylation sites (N-methyl/N-ethyl adjacent to an activating group) is 1. The van der Waals surface area contributed by atoms with Crippen LogP contribution in [0.2, 0.25) is 0 Å². The molecule has 124 valence electrons. The van der Waals surface area contributed by atoms with Crippen molar-refractivity contribution in [3.05, 3.63) is 0 Å². The lowest BCUT2D eigenvalue weighted by Gasteiger charge is -2.33. The molecule has 0 aromatic heterocycles. The van der Waals surface area contributed by atoms with Crippen molar-refractivity contribution in [3.63, 3.8) is 0 Å². The van der Waals surface area contributed by atoms with Gasteiger partial charge in [-0.25, -0.2) is 0 Å². The smallest absolute Gasteiger partial charge is 0.323 e. The fraction of sp³-hybridized carbons (Fsp3) is 0.938. The summed E-state index contributed by atoms with van der Waals surface area (Å²) in [6, 6.07) is 0.631. The summed E-state index contributed by atoms with van der Waals surface area (Å²) < 4.78 is 5.60. The molecule has 1 saturated heterocycles. The Balaban J connectivity index is 2.51. The van der Waals surface area contributed by atoms with E-state index in [-0.39, 0.29) is 12.1 Å². The third kappa shape index (κ3) is 4.94. The highest BCUT2D eigenvalue weighted by atomic mass is 16.5. The molecule has 0 bridgehead atoms. The van der Waals surface area contributed by atoms with E-state index in [1.807, 2.05) is 20.8 Å². The van der Waals surface area contributed by atoms with Crippen molar-refractivity contribution in [1.29, 1.82) is 0 Å². The molecule has 0 aromatic carbocycles. The summed E-state index contributed by atoms with van der Waals surface area (Å²) >= 11 is 0. The first-order chi connectivity index (χ1) is 9.82. The molecule has 0 aromatic rings. The van der Waals surface area contributed by atoms with Gasteiger partial charge in [0, 0.05) is 18.7 Å². The lowest BCUT2D eigenvalue weighted by Crippen LogP contribution is -2.54. The first-order valence-corrected chi connectivity index (χ1v) is 8.15. The van der Waals surface area contributed by atoms with E-state index in [2.05, 4.69) is 24.2 Å². The molecule has 1 aliphatic heterocycles. The van der Waals surface area contributed by atoms with Gasteiger partial charge in [0.1, 0.15) is 5.54 Å². The summed E-state index contributed by atoms with van der Waals surface area (Å²) in [5.74, 6) is -0.737. The summed E-state index contributed by atoms with van der Waals surface area (Å²) in [6.07, 6.45) is 3.48. The van der Waals surface area contributed by atoms with Gasteiger partial charge in [0.05, 0.1) is 6.10 Å². The fourth-order valence-corrected chi connectivity index (χ4v) is 3.32. The van der Waals surface area contributed by atoms with Crippen LogP contribution in [0.4, 0.5) is 0 Å². The van der Waals surface area contributed by atoms with Crippen molar-refractivity contribution in [1.82, 2.24) is 10.2 Å². The normalized spacial score (nSPS) is 25.5. The van der Waals surface area contributed by atoms with Crippen molar-refractivity contribution in [2.75, 3.05) is 20.2 Å². The van der Waals surface area contributed by atoms with Gasteiger partial charge in [-0.1, -0.05) is 6.92 Å². The van der Waals surface area contributed by atoms with Crippen LogP contribution in [0.3, 0.4) is 0 Å². The van der Waals surface area contributed by atoms with Gasteiger partial charge in [0.15, 0.2) is 0 Å². The molecule has 21 heavy (non-hydrogen) atoms. The molecule has 0 aliphatic carbocycles.